The van der Waals surface area contributed by atoms with E-state index in [-0.39, 0.29) is 17.1 Å². The van der Waals surface area contributed by atoms with Crippen LogP contribution in [0.25, 0.3) is 0 Å². The van der Waals surface area contributed by atoms with Crippen molar-refractivity contribution in [2.24, 2.45) is 0 Å². The minimum Gasteiger partial charge on any atom is -0.415 e. The third kappa shape index (κ3) is 9.01. The van der Waals surface area contributed by atoms with Gasteiger partial charge in [-0.25, -0.2) is 24.3 Å². The Morgan fingerprint density at radius 2 is 1.53 bits per heavy atom. The predicted octanol–water partition coefficient (Wildman–Crippen LogP) is 4.72. The summed E-state index contributed by atoms with van der Waals surface area (Å²) in [6.07, 6.45) is 1.16. The average molecular weight is 316 g/mol. The minimum absolute atomic E-state index is 0. The molecule has 19 heavy (non-hydrogen) atoms. The molecular formula is C16H24FeOSi. The van der Waals surface area contributed by atoms with Crippen LogP contribution in [-0.2, 0) is 34.5 Å². The Balaban J connectivity index is 0.000000352. The summed E-state index contributed by atoms with van der Waals surface area (Å²) < 4.78 is 5.71. The molecule has 0 aromatic heterocycles. The minimum atomic E-state index is -1.31. The molecule has 0 aliphatic rings. The van der Waals surface area contributed by atoms with Gasteiger partial charge in [-0.2, -0.15) is 29.8 Å². The van der Waals surface area contributed by atoms with Crippen LogP contribution in [0.5, 0.6) is 0 Å². The topological polar surface area (TPSA) is 9.23 Å². The maximum Gasteiger partial charge on any atom is 2.00 e. The number of hydrogen-bond donors (Lipinski definition) is 0. The third-order valence-electron chi connectivity index (χ3n) is 2.54. The van der Waals surface area contributed by atoms with Gasteiger partial charge in [0.2, 0.25) is 0 Å². The molecule has 0 saturated heterocycles. The largest absolute Gasteiger partial charge is 2.00 e. The molecule has 3 heteroatoms. The van der Waals surface area contributed by atoms with Crippen molar-refractivity contribution in [1.29, 1.82) is 0 Å². The SMILES string of the molecule is CCc1ccc[cH-]1.C[Si](C)(C)OCc1ccc[cH-]1.[Fe+2]. The van der Waals surface area contributed by atoms with Crippen molar-refractivity contribution in [2.45, 2.75) is 39.6 Å². The van der Waals surface area contributed by atoms with E-state index in [2.05, 4.69) is 63.0 Å². The second-order valence-electron chi connectivity index (χ2n) is 5.34. The van der Waals surface area contributed by atoms with Crippen LogP contribution in [0, 0.1) is 0 Å². The summed E-state index contributed by atoms with van der Waals surface area (Å²) >= 11 is 0. The number of rotatable bonds is 4. The van der Waals surface area contributed by atoms with Crippen molar-refractivity contribution in [1.82, 2.24) is 0 Å². The molecule has 0 radical (unpaired) electrons. The van der Waals surface area contributed by atoms with E-state index in [0.717, 1.165) is 13.0 Å². The van der Waals surface area contributed by atoms with E-state index in [1.54, 1.807) is 0 Å². The predicted molar refractivity (Wildman–Crippen MR) is 81.6 cm³/mol. The Bertz CT molecular complexity index is 398. The molecular weight excluding hydrogens is 292 g/mol. The van der Waals surface area contributed by atoms with Gasteiger partial charge in [0.25, 0.3) is 0 Å². The summed E-state index contributed by atoms with van der Waals surface area (Å²) in [5, 5.41) is 0. The normalized spacial score (nSPS) is 10.3. The Morgan fingerprint density at radius 1 is 1.00 bits per heavy atom. The molecule has 106 valence electrons. The zero-order valence-corrected chi connectivity index (χ0v) is 14.4. The van der Waals surface area contributed by atoms with Gasteiger partial charge in [-0.15, -0.1) is 5.56 Å². The summed E-state index contributed by atoms with van der Waals surface area (Å²) in [6.45, 7) is 9.56. The van der Waals surface area contributed by atoms with Gasteiger partial charge in [0.1, 0.15) is 0 Å². The molecule has 0 spiro atoms. The van der Waals surface area contributed by atoms with E-state index >= 15 is 0 Å². The first-order valence-electron chi connectivity index (χ1n) is 6.56. The van der Waals surface area contributed by atoms with E-state index in [1.807, 2.05) is 12.1 Å². The standard InChI is InChI=1S/C9H15OSi.C7H9.Fe/c1-11(2,3)10-8-9-6-4-5-7-9;1-2-7-5-3-4-6-7;/h4-7H,8H2,1-3H3;3-6H,2H2,1H3;/q2*-1;+2. The van der Waals surface area contributed by atoms with Gasteiger partial charge >= 0.3 is 17.1 Å². The van der Waals surface area contributed by atoms with Crippen molar-refractivity contribution < 1.29 is 21.5 Å². The van der Waals surface area contributed by atoms with Crippen LogP contribution in [0.2, 0.25) is 19.6 Å². The number of hydrogen-bond acceptors (Lipinski definition) is 1. The Kier molecular flexibility index (Phi) is 9.03. The van der Waals surface area contributed by atoms with E-state index in [0.29, 0.717) is 0 Å². The van der Waals surface area contributed by atoms with Crippen LogP contribution >= 0.6 is 0 Å². The van der Waals surface area contributed by atoms with Crippen molar-refractivity contribution in [3.63, 3.8) is 0 Å². The van der Waals surface area contributed by atoms with Gasteiger partial charge < -0.3 is 4.43 Å². The second-order valence-corrected chi connectivity index (χ2v) is 9.85. The quantitative estimate of drug-likeness (QED) is 0.586. The van der Waals surface area contributed by atoms with Gasteiger partial charge in [-0.05, 0) is 19.6 Å². The zero-order valence-electron chi connectivity index (χ0n) is 12.3. The molecule has 0 amide bonds. The fourth-order valence-electron chi connectivity index (χ4n) is 1.46. The first-order valence-corrected chi connectivity index (χ1v) is 9.97. The molecule has 0 atom stereocenters. The number of aryl methyl sites for hydroxylation is 1. The Hall–Kier alpha value is -0.604. The molecule has 0 aliphatic carbocycles. The van der Waals surface area contributed by atoms with Crippen molar-refractivity contribution in [2.75, 3.05) is 0 Å². The monoisotopic (exact) mass is 316 g/mol. The van der Waals surface area contributed by atoms with E-state index in [4.69, 9.17) is 4.43 Å². The molecule has 1 nitrogen and oxygen atoms in total. The van der Waals surface area contributed by atoms with Gasteiger partial charge in [-0.1, -0.05) is 13.3 Å². The molecule has 2 aromatic carbocycles. The van der Waals surface area contributed by atoms with Crippen molar-refractivity contribution in [3.05, 3.63) is 59.7 Å². The van der Waals surface area contributed by atoms with Gasteiger partial charge in [-0.3, -0.25) is 0 Å². The van der Waals surface area contributed by atoms with Crippen LogP contribution in [0.3, 0.4) is 0 Å². The van der Waals surface area contributed by atoms with E-state index in [9.17, 15) is 0 Å². The molecule has 2 aromatic rings. The third-order valence-corrected chi connectivity index (χ3v) is 3.55. The fourth-order valence-corrected chi connectivity index (χ4v) is 2.06. The first kappa shape index (κ1) is 18.4. The molecule has 0 saturated carbocycles. The van der Waals surface area contributed by atoms with E-state index in [1.165, 1.54) is 11.1 Å². The molecule has 0 N–H and O–H groups in total. The van der Waals surface area contributed by atoms with Gasteiger partial charge in [0, 0.05) is 6.61 Å². The fraction of sp³-hybridized carbons (Fsp3) is 0.375. The van der Waals surface area contributed by atoms with Gasteiger partial charge in [0.15, 0.2) is 8.32 Å². The summed E-state index contributed by atoms with van der Waals surface area (Å²) in [5.74, 6) is 0. The van der Waals surface area contributed by atoms with Crippen LogP contribution in [-0.4, -0.2) is 8.32 Å². The molecule has 0 bridgehead atoms. The Morgan fingerprint density at radius 3 is 1.84 bits per heavy atom. The van der Waals surface area contributed by atoms with E-state index < -0.39 is 8.32 Å². The smallest absolute Gasteiger partial charge is 0.415 e. The summed E-state index contributed by atoms with van der Waals surface area (Å²) in [6, 6.07) is 16.7. The average Bonchev–Trinajstić information content (AvgIpc) is 2.99. The maximum absolute atomic E-state index is 5.71. The van der Waals surface area contributed by atoms with Crippen molar-refractivity contribution >= 4 is 8.32 Å². The summed E-state index contributed by atoms with van der Waals surface area (Å²) in [5.41, 5.74) is 2.72. The van der Waals surface area contributed by atoms with Crippen LogP contribution in [0.4, 0.5) is 0 Å². The van der Waals surface area contributed by atoms with Crippen molar-refractivity contribution in [3.8, 4) is 0 Å². The van der Waals surface area contributed by atoms with Crippen LogP contribution < -0.4 is 0 Å². The molecule has 0 heterocycles. The summed E-state index contributed by atoms with van der Waals surface area (Å²) in [4.78, 5) is 0. The first-order chi connectivity index (χ1) is 8.51. The zero-order chi connectivity index (χ0) is 13.4. The second kappa shape index (κ2) is 9.32. The van der Waals surface area contributed by atoms with Gasteiger partial charge in [0.05, 0.1) is 0 Å². The molecule has 0 fully saturated rings. The maximum atomic E-state index is 5.71. The van der Waals surface area contributed by atoms with Crippen LogP contribution in [0.15, 0.2) is 48.5 Å². The summed E-state index contributed by atoms with van der Waals surface area (Å²) in [7, 11) is -1.31. The molecule has 0 unspecified atom stereocenters. The Labute approximate surface area is 129 Å². The van der Waals surface area contributed by atoms with Crippen LogP contribution in [0.1, 0.15) is 18.1 Å². The molecule has 2 rings (SSSR count). The molecule has 0 aliphatic heterocycles.